The van der Waals surface area contributed by atoms with E-state index in [1.54, 1.807) is 0 Å². The SMILES string of the molecule is NC1C=CC=CC1=CNc1ccc(OCCCN2CCC(CO)CC2)cc1. The molecule has 5 heteroatoms. The Balaban J connectivity index is 1.35. The Bertz CT molecular complexity index is 659. The molecule has 1 fully saturated rings. The van der Waals surface area contributed by atoms with E-state index in [0.717, 1.165) is 62.5 Å². The first kappa shape index (κ1) is 19.7. The number of allylic oxidation sites excluding steroid dienone is 2. The van der Waals surface area contributed by atoms with Crippen molar-refractivity contribution in [3.8, 4) is 5.75 Å². The van der Waals surface area contributed by atoms with Gasteiger partial charge in [-0.1, -0.05) is 24.3 Å². The van der Waals surface area contributed by atoms with Crippen LogP contribution in [0, 0.1) is 5.92 Å². The highest BCUT2D eigenvalue weighted by Gasteiger charge is 2.17. The third-order valence-corrected chi connectivity index (χ3v) is 5.22. The maximum atomic E-state index is 9.19. The Labute approximate surface area is 162 Å². The van der Waals surface area contributed by atoms with Crippen molar-refractivity contribution in [1.29, 1.82) is 0 Å². The summed E-state index contributed by atoms with van der Waals surface area (Å²) in [6.07, 6.45) is 13.1. The van der Waals surface area contributed by atoms with Gasteiger partial charge in [-0.25, -0.2) is 0 Å². The normalized spacial score (nSPS) is 22.3. The second-order valence-electron chi connectivity index (χ2n) is 7.25. The Morgan fingerprint density at radius 2 is 1.96 bits per heavy atom. The molecule has 1 heterocycles. The topological polar surface area (TPSA) is 70.8 Å². The van der Waals surface area contributed by atoms with Crippen LogP contribution in [-0.2, 0) is 0 Å². The van der Waals surface area contributed by atoms with Crippen LogP contribution in [-0.4, -0.2) is 48.9 Å². The van der Waals surface area contributed by atoms with E-state index in [4.69, 9.17) is 10.5 Å². The van der Waals surface area contributed by atoms with Crippen LogP contribution in [0.2, 0.25) is 0 Å². The van der Waals surface area contributed by atoms with Gasteiger partial charge in [0.2, 0.25) is 0 Å². The van der Waals surface area contributed by atoms with Gasteiger partial charge in [0, 0.05) is 31.1 Å². The maximum Gasteiger partial charge on any atom is 0.119 e. The van der Waals surface area contributed by atoms with Gasteiger partial charge < -0.3 is 25.8 Å². The molecule has 0 bridgehead atoms. The van der Waals surface area contributed by atoms with Crippen LogP contribution in [0.4, 0.5) is 5.69 Å². The van der Waals surface area contributed by atoms with Crippen molar-refractivity contribution in [3.05, 3.63) is 60.3 Å². The molecule has 0 radical (unpaired) electrons. The number of rotatable bonds is 8. The van der Waals surface area contributed by atoms with Gasteiger partial charge in [0.1, 0.15) is 5.75 Å². The first-order valence-corrected chi connectivity index (χ1v) is 9.88. The fourth-order valence-electron chi connectivity index (χ4n) is 3.40. The third-order valence-electron chi connectivity index (χ3n) is 5.22. The predicted octanol–water partition coefficient (Wildman–Crippen LogP) is 2.91. The lowest BCUT2D eigenvalue weighted by molar-refractivity contribution is 0.126. The number of hydrogen-bond acceptors (Lipinski definition) is 5. The largest absolute Gasteiger partial charge is 0.494 e. The van der Waals surface area contributed by atoms with Gasteiger partial charge in [0.15, 0.2) is 0 Å². The maximum absolute atomic E-state index is 9.19. The fraction of sp³-hybridized carbons (Fsp3) is 0.455. The molecule has 0 amide bonds. The van der Waals surface area contributed by atoms with E-state index in [9.17, 15) is 5.11 Å². The first-order chi connectivity index (χ1) is 13.2. The van der Waals surface area contributed by atoms with Gasteiger partial charge in [0.05, 0.1) is 6.61 Å². The van der Waals surface area contributed by atoms with E-state index >= 15 is 0 Å². The Morgan fingerprint density at radius 1 is 1.19 bits per heavy atom. The predicted molar refractivity (Wildman–Crippen MR) is 111 cm³/mol. The summed E-state index contributed by atoms with van der Waals surface area (Å²) in [4.78, 5) is 2.47. The number of likely N-dealkylation sites (tertiary alicyclic amines) is 1. The number of aliphatic hydroxyl groups is 1. The molecule has 1 aromatic rings. The fourth-order valence-corrected chi connectivity index (χ4v) is 3.40. The summed E-state index contributed by atoms with van der Waals surface area (Å²) >= 11 is 0. The number of piperidine rings is 1. The molecule has 1 aliphatic carbocycles. The molecule has 0 aromatic heterocycles. The lowest BCUT2D eigenvalue weighted by Gasteiger charge is -2.30. The van der Waals surface area contributed by atoms with E-state index in [1.165, 1.54) is 0 Å². The van der Waals surface area contributed by atoms with Crippen LogP contribution < -0.4 is 15.8 Å². The second kappa shape index (κ2) is 10.3. The van der Waals surface area contributed by atoms with Crippen molar-refractivity contribution in [1.82, 2.24) is 4.90 Å². The summed E-state index contributed by atoms with van der Waals surface area (Å²) in [7, 11) is 0. The van der Waals surface area contributed by atoms with Crippen LogP contribution in [0.15, 0.2) is 60.3 Å². The number of ether oxygens (including phenoxy) is 1. The Hall–Kier alpha value is -2.08. The van der Waals surface area contributed by atoms with E-state index in [0.29, 0.717) is 12.5 Å². The summed E-state index contributed by atoms with van der Waals surface area (Å²) in [5, 5.41) is 12.5. The van der Waals surface area contributed by atoms with Gasteiger partial charge in [-0.15, -0.1) is 0 Å². The average molecular weight is 370 g/mol. The number of benzene rings is 1. The monoisotopic (exact) mass is 369 g/mol. The molecular weight excluding hydrogens is 338 g/mol. The molecule has 2 aliphatic rings. The van der Waals surface area contributed by atoms with Gasteiger partial charge >= 0.3 is 0 Å². The summed E-state index contributed by atoms with van der Waals surface area (Å²) in [5.74, 6) is 1.39. The minimum Gasteiger partial charge on any atom is -0.494 e. The minimum atomic E-state index is -0.0560. The lowest BCUT2D eigenvalue weighted by Crippen LogP contribution is -2.35. The molecule has 1 aliphatic heterocycles. The molecular formula is C22H31N3O2. The van der Waals surface area contributed by atoms with Gasteiger partial charge in [-0.3, -0.25) is 0 Å². The Morgan fingerprint density at radius 3 is 2.67 bits per heavy atom. The highest BCUT2D eigenvalue weighted by molar-refractivity contribution is 5.50. The Kier molecular flexibility index (Phi) is 7.51. The highest BCUT2D eigenvalue weighted by Crippen LogP contribution is 2.18. The van der Waals surface area contributed by atoms with Gasteiger partial charge in [-0.2, -0.15) is 0 Å². The van der Waals surface area contributed by atoms with Crippen molar-refractivity contribution in [2.45, 2.75) is 25.3 Å². The van der Waals surface area contributed by atoms with Crippen LogP contribution in [0.25, 0.3) is 0 Å². The molecule has 1 aromatic carbocycles. The summed E-state index contributed by atoms with van der Waals surface area (Å²) < 4.78 is 5.86. The third kappa shape index (κ3) is 6.24. The van der Waals surface area contributed by atoms with Gasteiger partial charge in [-0.05, 0) is 68.1 Å². The molecule has 0 saturated carbocycles. The van der Waals surface area contributed by atoms with Crippen molar-refractivity contribution in [2.24, 2.45) is 11.7 Å². The number of anilines is 1. The molecule has 3 rings (SSSR count). The average Bonchev–Trinajstić information content (AvgIpc) is 2.72. The van der Waals surface area contributed by atoms with E-state index < -0.39 is 0 Å². The second-order valence-corrected chi connectivity index (χ2v) is 7.25. The molecule has 1 atom stereocenters. The molecule has 0 spiro atoms. The first-order valence-electron chi connectivity index (χ1n) is 9.88. The molecule has 1 unspecified atom stereocenters. The molecule has 1 saturated heterocycles. The van der Waals surface area contributed by atoms with Crippen LogP contribution in [0.5, 0.6) is 5.75 Å². The van der Waals surface area contributed by atoms with E-state index in [1.807, 2.05) is 54.8 Å². The van der Waals surface area contributed by atoms with Crippen LogP contribution in [0.3, 0.4) is 0 Å². The number of nitrogens with one attached hydrogen (secondary N) is 1. The number of nitrogens with zero attached hydrogens (tertiary/aromatic N) is 1. The molecule has 4 N–H and O–H groups in total. The van der Waals surface area contributed by atoms with Gasteiger partial charge in [0.25, 0.3) is 0 Å². The standard InChI is InChI=1S/C22H31N3O2/c23-22-5-2-1-4-19(22)16-24-20-6-8-21(9-7-20)27-15-3-12-25-13-10-18(17-26)11-14-25/h1-2,4-9,16,18,22,24,26H,3,10-15,17,23H2. The number of aliphatic hydroxyl groups excluding tert-OH is 1. The van der Waals surface area contributed by atoms with Crippen LogP contribution >= 0.6 is 0 Å². The zero-order chi connectivity index (χ0) is 18.9. The molecule has 5 nitrogen and oxygen atoms in total. The van der Waals surface area contributed by atoms with E-state index in [2.05, 4.69) is 10.2 Å². The van der Waals surface area contributed by atoms with Crippen molar-refractivity contribution >= 4 is 5.69 Å². The number of hydrogen-bond donors (Lipinski definition) is 3. The molecule has 27 heavy (non-hydrogen) atoms. The highest BCUT2D eigenvalue weighted by atomic mass is 16.5. The van der Waals surface area contributed by atoms with Crippen LogP contribution in [0.1, 0.15) is 19.3 Å². The van der Waals surface area contributed by atoms with Crippen molar-refractivity contribution < 1.29 is 9.84 Å². The van der Waals surface area contributed by atoms with E-state index in [-0.39, 0.29) is 6.04 Å². The quantitative estimate of drug-likeness (QED) is 0.615. The zero-order valence-electron chi connectivity index (χ0n) is 15.9. The van der Waals surface area contributed by atoms with Crippen molar-refractivity contribution in [3.63, 3.8) is 0 Å². The smallest absolute Gasteiger partial charge is 0.119 e. The summed E-state index contributed by atoms with van der Waals surface area (Å²) in [5.41, 5.74) is 8.09. The number of nitrogens with two attached hydrogens (primary N) is 1. The zero-order valence-corrected chi connectivity index (χ0v) is 15.9. The lowest BCUT2D eigenvalue weighted by atomic mass is 9.98. The van der Waals surface area contributed by atoms with Crippen molar-refractivity contribution in [2.75, 3.05) is 38.2 Å². The molecule has 146 valence electrons. The summed E-state index contributed by atoms with van der Waals surface area (Å²) in [6.45, 7) is 4.31. The summed E-state index contributed by atoms with van der Waals surface area (Å²) in [6, 6.07) is 7.95. The minimum absolute atomic E-state index is 0.0560.